The number of nitrogens with one attached hydrogen (secondary N) is 1. The van der Waals surface area contributed by atoms with Crippen molar-refractivity contribution in [2.75, 3.05) is 26.2 Å². The molecule has 2 saturated heterocycles. The van der Waals surface area contributed by atoms with Crippen molar-refractivity contribution in [3.8, 4) is 0 Å². The molecule has 2 aromatic rings. The van der Waals surface area contributed by atoms with Crippen LogP contribution in [-0.2, 0) is 6.54 Å². The van der Waals surface area contributed by atoms with Crippen molar-refractivity contribution in [3.05, 3.63) is 29.2 Å². The fraction of sp³-hybridized carbons (Fsp3) is 0.647. The fourth-order valence-corrected chi connectivity index (χ4v) is 4.26. The second kappa shape index (κ2) is 5.32. The minimum Gasteiger partial charge on any atom is -0.316 e. The lowest BCUT2D eigenvalue weighted by molar-refractivity contribution is 0.0981. The van der Waals surface area contributed by atoms with E-state index in [2.05, 4.69) is 35.2 Å². The number of nitrogens with zero attached hydrogens (tertiary/aromatic N) is 4. The monoisotopic (exact) mass is 299 g/mol. The van der Waals surface area contributed by atoms with E-state index in [-0.39, 0.29) is 0 Å². The molecule has 2 aromatic heterocycles. The van der Waals surface area contributed by atoms with Gasteiger partial charge in [-0.15, -0.1) is 0 Å². The molecule has 4 rings (SSSR count). The maximum Gasteiger partial charge on any atom is 0.159 e. The van der Waals surface area contributed by atoms with Crippen LogP contribution in [0.1, 0.15) is 36.2 Å². The first-order chi connectivity index (χ1) is 10.7. The number of hydrogen-bond donors (Lipinski definition) is 1. The van der Waals surface area contributed by atoms with Crippen molar-refractivity contribution < 1.29 is 0 Å². The fourth-order valence-electron chi connectivity index (χ4n) is 4.26. The van der Waals surface area contributed by atoms with E-state index in [0.29, 0.717) is 5.41 Å². The van der Waals surface area contributed by atoms with E-state index in [1.54, 1.807) is 0 Å². The zero-order valence-electron chi connectivity index (χ0n) is 13.6. The Morgan fingerprint density at radius 3 is 3.05 bits per heavy atom. The number of hydrogen-bond acceptors (Lipinski definition) is 4. The van der Waals surface area contributed by atoms with Gasteiger partial charge in [-0.3, -0.25) is 4.90 Å². The molecule has 0 saturated carbocycles. The maximum atomic E-state index is 4.71. The van der Waals surface area contributed by atoms with Gasteiger partial charge in [-0.2, -0.15) is 5.10 Å². The Labute approximate surface area is 131 Å². The van der Waals surface area contributed by atoms with E-state index in [1.165, 1.54) is 51.0 Å². The van der Waals surface area contributed by atoms with Crippen LogP contribution in [0.15, 0.2) is 12.3 Å². The summed E-state index contributed by atoms with van der Waals surface area (Å²) < 4.78 is 1.97. The number of fused-ring (bicyclic) bond motifs is 1. The summed E-state index contributed by atoms with van der Waals surface area (Å²) in [5, 5.41) is 8.08. The molecule has 1 spiro atoms. The molecule has 2 fully saturated rings. The quantitative estimate of drug-likeness (QED) is 0.920. The van der Waals surface area contributed by atoms with E-state index in [1.807, 2.05) is 10.7 Å². The van der Waals surface area contributed by atoms with Gasteiger partial charge in [0.25, 0.3) is 0 Å². The topological polar surface area (TPSA) is 45.5 Å². The van der Waals surface area contributed by atoms with E-state index in [9.17, 15) is 0 Å². The summed E-state index contributed by atoms with van der Waals surface area (Å²) in [6.07, 6.45) is 6.02. The van der Waals surface area contributed by atoms with Gasteiger partial charge in [0.15, 0.2) is 5.65 Å². The molecule has 22 heavy (non-hydrogen) atoms. The highest BCUT2D eigenvalue weighted by Gasteiger charge is 2.37. The third-order valence-corrected chi connectivity index (χ3v) is 5.32. The molecule has 1 N–H and O–H groups in total. The Hall–Kier alpha value is -1.46. The third-order valence-electron chi connectivity index (χ3n) is 5.32. The van der Waals surface area contributed by atoms with E-state index in [0.717, 1.165) is 23.6 Å². The van der Waals surface area contributed by atoms with Crippen LogP contribution in [0.2, 0.25) is 0 Å². The number of piperidine rings is 1. The highest BCUT2D eigenvalue weighted by molar-refractivity contribution is 5.47. The van der Waals surface area contributed by atoms with Gasteiger partial charge in [0, 0.05) is 36.6 Å². The molecule has 0 aliphatic carbocycles. The highest BCUT2D eigenvalue weighted by Crippen LogP contribution is 2.36. The predicted octanol–water partition coefficient (Wildman–Crippen LogP) is 1.92. The Bertz CT molecular complexity index is 684. The summed E-state index contributed by atoms with van der Waals surface area (Å²) in [5.74, 6) is 0. The van der Waals surface area contributed by atoms with Crippen LogP contribution in [0.5, 0.6) is 0 Å². The first-order valence-electron chi connectivity index (χ1n) is 8.39. The van der Waals surface area contributed by atoms with Gasteiger partial charge >= 0.3 is 0 Å². The average Bonchev–Trinajstić information content (AvgIpc) is 3.08. The molecule has 5 heteroatoms. The Balaban J connectivity index is 1.58. The van der Waals surface area contributed by atoms with Crippen molar-refractivity contribution in [3.63, 3.8) is 0 Å². The number of aromatic nitrogens is 3. The van der Waals surface area contributed by atoms with Crippen molar-refractivity contribution in [1.29, 1.82) is 0 Å². The van der Waals surface area contributed by atoms with Gasteiger partial charge < -0.3 is 5.32 Å². The normalized spacial score (nSPS) is 26.3. The van der Waals surface area contributed by atoms with Crippen LogP contribution < -0.4 is 5.32 Å². The highest BCUT2D eigenvalue weighted by atomic mass is 15.3. The molecule has 0 bridgehead atoms. The lowest BCUT2D eigenvalue weighted by Crippen LogP contribution is -2.44. The second-order valence-corrected chi connectivity index (χ2v) is 7.19. The zero-order valence-corrected chi connectivity index (χ0v) is 13.6. The first-order valence-corrected chi connectivity index (χ1v) is 8.39. The minimum atomic E-state index is 0.514. The molecule has 2 aliphatic rings. The van der Waals surface area contributed by atoms with Crippen LogP contribution in [0.4, 0.5) is 0 Å². The van der Waals surface area contributed by atoms with Gasteiger partial charge in [-0.1, -0.05) is 0 Å². The summed E-state index contributed by atoms with van der Waals surface area (Å²) in [7, 11) is 0. The Kier molecular flexibility index (Phi) is 3.42. The van der Waals surface area contributed by atoms with Gasteiger partial charge in [0.1, 0.15) is 0 Å². The summed E-state index contributed by atoms with van der Waals surface area (Å²) in [6, 6.07) is 2.09. The first kappa shape index (κ1) is 14.2. The molecule has 1 atom stereocenters. The molecule has 1 unspecified atom stereocenters. The summed E-state index contributed by atoms with van der Waals surface area (Å²) >= 11 is 0. The standard InChI is InChI=1S/C17H25N5/c1-13-8-14(2)22-16(20-13)15(9-19-22)10-21-7-3-4-17(12-21)5-6-18-11-17/h8-9,18H,3-7,10-12H2,1-2H3. The van der Waals surface area contributed by atoms with Crippen LogP contribution in [0, 0.1) is 19.3 Å². The molecule has 0 amide bonds. The molecular formula is C17H25N5. The minimum absolute atomic E-state index is 0.514. The zero-order chi connectivity index (χ0) is 15.2. The van der Waals surface area contributed by atoms with Crippen molar-refractivity contribution in [1.82, 2.24) is 24.8 Å². The summed E-state index contributed by atoms with van der Waals surface area (Å²) in [5.41, 5.74) is 5.03. The smallest absolute Gasteiger partial charge is 0.159 e. The molecule has 0 radical (unpaired) electrons. The largest absolute Gasteiger partial charge is 0.316 e. The Morgan fingerprint density at radius 1 is 1.32 bits per heavy atom. The van der Waals surface area contributed by atoms with E-state index >= 15 is 0 Å². The van der Waals surface area contributed by atoms with Gasteiger partial charge in [-0.25, -0.2) is 9.50 Å². The predicted molar refractivity (Wildman–Crippen MR) is 86.9 cm³/mol. The van der Waals surface area contributed by atoms with E-state index in [4.69, 9.17) is 4.98 Å². The SMILES string of the molecule is Cc1cc(C)n2ncc(CN3CCCC4(CCNC4)C3)c2n1. The average molecular weight is 299 g/mol. The molecule has 118 valence electrons. The molecule has 4 heterocycles. The number of aryl methyl sites for hydroxylation is 2. The third kappa shape index (κ3) is 2.42. The molecule has 0 aromatic carbocycles. The van der Waals surface area contributed by atoms with Crippen molar-refractivity contribution >= 4 is 5.65 Å². The summed E-state index contributed by atoms with van der Waals surface area (Å²) in [4.78, 5) is 7.32. The Morgan fingerprint density at radius 2 is 2.23 bits per heavy atom. The molecule has 5 nitrogen and oxygen atoms in total. The van der Waals surface area contributed by atoms with Crippen LogP contribution in [0.3, 0.4) is 0 Å². The van der Waals surface area contributed by atoms with Gasteiger partial charge in [-0.05, 0) is 57.7 Å². The van der Waals surface area contributed by atoms with Crippen LogP contribution in [-0.4, -0.2) is 45.7 Å². The summed E-state index contributed by atoms with van der Waals surface area (Å²) in [6.45, 7) is 9.91. The van der Waals surface area contributed by atoms with Crippen LogP contribution >= 0.6 is 0 Å². The molecular weight excluding hydrogens is 274 g/mol. The van der Waals surface area contributed by atoms with Crippen molar-refractivity contribution in [2.24, 2.45) is 5.41 Å². The van der Waals surface area contributed by atoms with Crippen molar-refractivity contribution in [2.45, 2.75) is 39.7 Å². The van der Waals surface area contributed by atoms with Gasteiger partial charge in [0.2, 0.25) is 0 Å². The number of likely N-dealkylation sites (tertiary alicyclic amines) is 1. The molecule has 2 aliphatic heterocycles. The second-order valence-electron chi connectivity index (χ2n) is 7.19. The van der Waals surface area contributed by atoms with Crippen LogP contribution in [0.25, 0.3) is 5.65 Å². The van der Waals surface area contributed by atoms with E-state index < -0.39 is 0 Å². The maximum absolute atomic E-state index is 4.71. The lowest BCUT2D eigenvalue weighted by Gasteiger charge is -2.39. The van der Waals surface area contributed by atoms with Gasteiger partial charge in [0.05, 0.1) is 6.20 Å². The lowest BCUT2D eigenvalue weighted by atomic mass is 9.79. The number of rotatable bonds is 2.